The molecule has 0 aromatic carbocycles. The zero-order chi connectivity index (χ0) is 46.5. The van der Waals surface area contributed by atoms with E-state index in [4.69, 9.17) is 14.2 Å². The number of hydrogen-bond donors (Lipinski definition) is 0. The predicted molar refractivity (Wildman–Crippen MR) is 274 cm³/mol. The fourth-order valence-electron chi connectivity index (χ4n) is 6.82. The van der Waals surface area contributed by atoms with Crippen LogP contribution in [0.15, 0.2) is 109 Å². The molecule has 0 radical (unpaired) electrons. The van der Waals surface area contributed by atoms with Crippen molar-refractivity contribution in [2.45, 2.75) is 226 Å². The second kappa shape index (κ2) is 51.7. The van der Waals surface area contributed by atoms with Crippen molar-refractivity contribution in [3.05, 3.63) is 109 Å². The van der Waals surface area contributed by atoms with Crippen LogP contribution >= 0.6 is 0 Å². The summed E-state index contributed by atoms with van der Waals surface area (Å²) in [6.45, 7) is 6.27. The summed E-state index contributed by atoms with van der Waals surface area (Å²) in [6.07, 6.45) is 69.4. The van der Waals surface area contributed by atoms with Crippen molar-refractivity contribution in [2.24, 2.45) is 0 Å². The van der Waals surface area contributed by atoms with Gasteiger partial charge in [-0.25, -0.2) is 0 Å². The number of ether oxygens (including phenoxy) is 3. The van der Waals surface area contributed by atoms with E-state index in [9.17, 15) is 14.4 Å². The first-order chi connectivity index (χ1) is 31.5. The van der Waals surface area contributed by atoms with Crippen LogP contribution in [-0.4, -0.2) is 37.2 Å². The lowest BCUT2D eigenvalue weighted by atomic mass is 10.1. The molecule has 6 heteroatoms. The second-order valence-electron chi connectivity index (χ2n) is 16.8. The quantitative estimate of drug-likeness (QED) is 0.0199. The van der Waals surface area contributed by atoms with Gasteiger partial charge in [0.1, 0.15) is 13.2 Å². The van der Waals surface area contributed by atoms with Crippen molar-refractivity contribution >= 4 is 17.9 Å². The Bertz CT molecular complexity index is 1340. The molecule has 6 nitrogen and oxygen atoms in total. The fraction of sp³-hybridized carbons (Fsp3) is 0.638. The highest BCUT2D eigenvalue weighted by Crippen LogP contribution is 2.14. The van der Waals surface area contributed by atoms with E-state index in [0.717, 1.165) is 83.5 Å². The molecule has 64 heavy (non-hydrogen) atoms. The maximum Gasteiger partial charge on any atom is 0.306 e. The van der Waals surface area contributed by atoms with E-state index in [2.05, 4.69) is 75.5 Å². The Morgan fingerprint density at radius 3 is 1.06 bits per heavy atom. The zero-order valence-electron chi connectivity index (χ0n) is 41.3. The molecule has 0 amide bonds. The van der Waals surface area contributed by atoms with Gasteiger partial charge in [0.2, 0.25) is 0 Å². The molecule has 0 saturated heterocycles. The van der Waals surface area contributed by atoms with Crippen LogP contribution in [-0.2, 0) is 28.6 Å². The van der Waals surface area contributed by atoms with Crippen molar-refractivity contribution < 1.29 is 28.6 Å². The number of rotatable bonds is 45. The number of allylic oxidation sites excluding steroid dienone is 18. The average molecular weight is 887 g/mol. The van der Waals surface area contributed by atoms with E-state index in [1.165, 1.54) is 89.9 Å². The molecular formula is C58H94O6. The minimum atomic E-state index is -0.818. The zero-order valence-corrected chi connectivity index (χ0v) is 41.3. The molecular weight excluding hydrogens is 793 g/mol. The third-order valence-corrected chi connectivity index (χ3v) is 10.7. The van der Waals surface area contributed by atoms with Crippen LogP contribution in [0.3, 0.4) is 0 Å². The molecule has 0 heterocycles. The van der Waals surface area contributed by atoms with Crippen LogP contribution in [0.1, 0.15) is 220 Å². The molecule has 1 unspecified atom stereocenters. The Morgan fingerprint density at radius 1 is 0.328 bits per heavy atom. The third-order valence-electron chi connectivity index (χ3n) is 10.7. The first-order valence-electron chi connectivity index (χ1n) is 26.0. The molecule has 0 spiro atoms. The lowest BCUT2D eigenvalue weighted by Crippen LogP contribution is -2.30. The second-order valence-corrected chi connectivity index (χ2v) is 16.8. The van der Waals surface area contributed by atoms with E-state index in [0.29, 0.717) is 19.3 Å². The highest BCUT2D eigenvalue weighted by molar-refractivity contribution is 5.71. The highest BCUT2D eigenvalue weighted by atomic mass is 16.6. The molecule has 362 valence electrons. The van der Waals surface area contributed by atoms with Gasteiger partial charge < -0.3 is 14.2 Å². The monoisotopic (exact) mass is 887 g/mol. The van der Waals surface area contributed by atoms with Crippen LogP contribution in [0.2, 0.25) is 0 Å². The van der Waals surface area contributed by atoms with E-state index in [1.54, 1.807) is 0 Å². The van der Waals surface area contributed by atoms with Gasteiger partial charge >= 0.3 is 17.9 Å². The summed E-state index contributed by atoms with van der Waals surface area (Å²) in [5.74, 6) is -1.01. The molecule has 0 aliphatic rings. The minimum absolute atomic E-state index is 0.112. The standard InChI is InChI=1S/C58H94O6/c1-4-7-10-13-16-19-22-25-27-28-29-31-33-36-39-42-45-48-51-57(60)63-54-55(53-62-56(59)50-47-44-41-38-35-32-24-21-18-15-12-9-6-3)64-58(61)52-49-46-43-40-37-34-30-26-23-20-17-14-11-8-5-2/h8-9,11-12,14-15,17-18,20-21,23-24,29,31-32,35,38,41,55H,4-7,10,13,16,19,22,25-28,30,33-34,36-37,39-40,42-54H2,1-3H3/b11-8-,12-9-,17-14-,18-15-,23-20-,24-21-,31-29-,35-32-,41-38-. The van der Waals surface area contributed by atoms with Gasteiger partial charge in [0.25, 0.3) is 0 Å². The van der Waals surface area contributed by atoms with Gasteiger partial charge in [-0.1, -0.05) is 233 Å². The first-order valence-corrected chi connectivity index (χ1v) is 26.0. The number of carbonyl (C=O) groups is 3. The number of hydrogen-bond acceptors (Lipinski definition) is 6. The Balaban J connectivity index is 4.49. The Hall–Kier alpha value is -3.93. The molecule has 1 atom stereocenters. The molecule has 0 N–H and O–H groups in total. The average Bonchev–Trinajstić information content (AvgIpc) is 3.29. The maximum absolute atomic E-state index is 12.8. The summed E-state index contributed by atoms with van der Waals surface area (Å²) >= 11 is 0. The molecule has 0 saturated carbocycles. The third kappa shape index (κ3) is 49.1. The molecule has 0 aliphatic heterocycles. The number of unbranched alkanes of at least 4 members (excludes halogenated alkanes) is 22. The van der Waals surface area contributed by atoms with E-state index in [-0.39, 0.29) is 37.5 Å². The van der Waals surface area contributed by atoms with Crippen LogP contribution in [0, 0.1) is 0 Å². The summed E-state index contributed by atoms with van der Waals surface area (Å²) in [5, 5.41) is 0. The Kier molecular flexibility index (Phi) is 48.5. The lowest BCUT2D eigenvalue weighted by Gasteiger charge is -2.18. The molecule has 0 fully saturated rings. The van der Waals surface area contributed by atoms with Gasteiger partial charge in [0.05, 0.1) is 0 Å². The maximum atomic E-state index is 12.8. The molecule has 0 aliphatic carbocycles. The summed E-state index contributed by atoms with van der Waals surface area (Å²) in [5.41, 5.74) is 0. The van der Waals surface area contributed by atoms with Crippen LogP contribution < -0.4 is 0 Å². The molecule has 0 aromatic rings. The Morgan fingerprint density at radius 2 is 0.641 bits per heavy atom. The number of esters is 3. The summed E-state index contributed by atoms with van der Waals surface area (Å²) in [6, 6.07) is 0. The summed E-state index contributed by atoms with van der Waals surface area (Å²) in [4.78, 5) is 38.0. The van der Waals surface area contributed by atoms with Crippen LogP contribution in [0.25, 0.3) is 0 Å². The first kappa shape index (κ1) is 60.1. The van der Waals surface area contributed by atoms with Gasteiger partial charge in [-0.2, -0.15) is 0 Å². The SMILES string of the molecule is CC\C=C/C=C\C=C/C=C\C=C/CCCC(=O)OCC(COC(=O)CCCCCCC/C=C\CCCCCCCCCCC)OC(=O)CCCCCCCCC\C=C/C=C\C=C/CC. The predicted octanol–water partition coefficient (Wildman–Crippen LogP) is 17.1. The molecule has 0 bridgehead atoms. The Labute approximate surface area is 393 Å². The van der Waals surface area contributed by atoms with Crippen molar-refractivity contribution in [3.8, 4) is 0 Å². The molecule has 0 aromatic heterocycles. The minimum Gasteiger partial charge on any atom is -0.462 e. The van der Waals surface area contributed by atoms with Crippen LogP contribution in [0.4, 0.5) is 0 Å². The van der Waals surface area contributed by atoms with Crippen molar-refractivity contribution in [3.63, 3.8) is 0 Å². The van der Waals surface area contributed by atoms with Gasteiger partial charge in [0, 0.05) is 19.3 Å². The lowest BCUT2D eigenvalue weighted by molar-refractivity contribution is -0.167. The largest absolute Gasteiger partial charge is 0.462 e. The van der Waals surface area contributed by atoms with E-state index < -0.39 is 6.10 Å². The smallest absolute Gasteiger partial charge is 0.306 e. The fourth-order valence-corrected chi connectivity index (χ4v) is 6.82. The molecule has 0 rings (SSSR count). The topological polar surface area (TPSA) is 78.9 Å². The summed E-state index contributed by atoms with van der Waals surface area (Å²) in [7, 11) is 0. The van der Waals surface area contributed by atoms with E-state index in [1.807, 2.05) is 54.7 Å². The van der Waals surface area contributed by atoms with Crippen molar-refractivity contribution in [1.82, 2.24) is 0 Å². The van der Waals surface area contributed by atoms with Crippen molar-refractivity contribution in [2.75, 3.05) is 13.2 Å². The number of carbonyl (C=O) groups excluding carboxylic acids is 3. The van der Waals surface area contributed by atoms with E-state index >= 15 is 0 Å². The van der Waals surface area contributed by atoms with Gasteiger partial charge in [-0.15, -0.1) is 0 Å². The van der Waals surface area contributed by atoms with Gasteiger partial charge in [-0.05, 0) is 77.0 Å². The van der Waals surface area contributed by atoms with Gasteiger partial charge in [0.15, 0.2) is 6.10 Å². The van der Waals surface area contributed by atoms with Gasteiger partial charge in [-0.3, -0.25) is 14.4 Å². The van der Waals surface area contributed by atoms with Crippen LogP contribution in [0.5, 0.6) is 0 Å². The normalized spacial score (nSPS) is 13.0. The summed E-state index contributed by atoms with van der Waals surface area (Å²) < 4.78 is 16.7. The highest BCUT2D eigenvalue weighted by Gasteiger charge is 2.19. The van der Waals surface area contributed by atoms with Crippen molar-refractivity contribution in [1.29, 1.82) is 0 Å².